The van der Waals surface area contributed by atoms with Crippen molar-refractivity contribution < 1.29 is 29.0 Å². The maximum absolute atomic E-state index is 13.6. The molecule has 1 aliphatic heterocycles. The lowest BCUT2D eigenvalue weighted by molar-refractivity contribution is -0.140. The molecule has 9 heteroatoms. The van der Waals surface area contributed by atoms with Crippen molar-refractivity contribution in [2.45, 2.75) is 11.8 Å². The van der Waals surface area contributed by atoms with Crippen molar-refractivity contribution in [3.63, 3.8) is 0 Å². The highest BCUT2D eigenvalue weighted by Gasteiger charge is 2.61. The summed E-state index contributed by atoms with van der Waals surface area (Å²) in [7, 11) is 1.39. The van der Waals surface area contributed by atoms with Gasteiger partial charge in [-0.2, -0.15) is 10.1 Å². The van der Waals surface area contributed by atoms with Crippen LogP contribution in [0.15, 0.2) is 65.8 Å². The van der Waals surface area contributed by atoms with Crippen LogP contribution in [-0.4, -0.2) is 47.8 Å². The van der Waals surface area contributed by atoms with Gasteiger partial charge in [-0.1, -0.05) is 60.1 Å². The van der Waals surface area contributed by atoms with Gasteiger partial charge in [0.15, 0.2) is 18.1 Å². The van der Waals surface area contributed by atoms with Crippen molar-refractivity contribution in [1.29, 1.82) is 0 Å². The summed E-state index contributed by atoms with van der Waals surface area (Å²) in [5.74, 6) is -3.00. The van der Waals surface area contributed by atoms with E-state index in [0.717, 1.165) is 27.3 Å². The van der Waals surface area contributed by atoms with Gasteiger partial charge in [0.1, 0.15) is 0 Å². The Kier molecular flexibility index (Phi) is 5.49. The van der Waals surface area contributed by atoms with Crippen molar-refractivity contribution in [2.24, 2.45) is 16.9 Å². The zero-order valence-corrected chi connectivity index (χ0v) is 20.4. The molecule has 0 radical (unpaired) electrons. The summed E-state index contributed by atoms with van der Waals surface area (Å²) < 4.78 is 10.5. The molecule has 0 aromatic heterocycles. The first-order valence-corrected chi connectivity index (χ1v) is 12.1. The lowest BCUT2D eigenvalue weighted by Crippen LogP contribution is -2.41. The number of carboxylic acids is 1. The third-order valence-electron chi connectivity index (χ3n) is 7.34. The van der Waals surface area contributed by atoms with Gasteiger partial charge >= 0.3 is 5.97 Å². The van der Waals surface area contributed by atoms with Gasteiger partial charge in [-0.3, -0.25) is 9.59 Å². The number of rotatable bonds is 6. The Morgan fingerprint density at radius 2 is 1.49 bits per heavy atom. The number of benzene rings is 3. The normalized spacial score (nSPS) is 23.1. The van der Waals surface area contributed by atoms with Crippen molar-refractivity contribution in [3.8, 4) is 11.5 Å². The van der Waals surface area contributed by atoms with Crippen molar-refractivity contribution in [3.05, 3.63) is 93.5 Å². The van der Waals surface area contributed by atoms with Gasteiger partial charge in [0.2, 0.25) is 0 Å². The van der Waals surface area contributed by atoms with Crippen molar-refractivity contribution in [1.82, 2.24) is 5.01 Å². The Morgan fingerprint density at radius 1 is 0.973 bits per heavy atom. The number of aliphatic carboxylic acids is 1. The van der Waals surface area contributed by atoms with Gasteiger partial charge < -0.3 is 14.6 Å². The molecular weight excluding hydrogens is 496 g/mol. The monoisotopic (exact) mass is 516 g/mol. The van der Waals surface area contributed by atoms with Crippen LogP contribution in [0, 0.1) is 11.8 Å². The summed E-state index contributed by atoms with van der Waals surface area (Å²) in [5, 5.41) is 14.3. The van der Waals surface area contributed by atoms with Crippen LogP contribution in [0.3, 0.4) is 0 Å². The van der Waals surface area contributed by atoms with Gasteiger partial charge in [0, 0.05) is 11.8 Å². The molecule has 1 fully saturated rings. The molecule has 186 valence electrons. The maximum Gasteiger partial charge on any atom is 0.341 e. The second-order valence-corrected chi connectivity index (χ2v) is 9.62. The van der Waals surface area contributed by atoms with Crippen LogP contribution >= 0.6 is 11.6 Å². The van der Waals surface area contributed by atoms with Crippen LogP contribution in [-0.2, 0) is 14.4 Å². The Balaban J connectivity index is 1.35. The smallest absolute Gasteiger partial charge is 0.341 e. The molecule has 8 nitrogen and oxygen atoms in total. The molecule has 2 bridgehead atoms. The number of hydrogen-bond acceptors (Lipinski definition) is 6. The van der Waals surface area contributed by atoms with Gasteiger partial charge in [0.05, 0.1) is 30.2 Å². The summed E-state index contributed by atoms with van der Waals surface area (Å²) in [5.41, 5.74) is 4.82. The summed E-state index contributed by atoms with van der Waals surface area (Å²) in [6.45, 7) is -0.587. The fourth-order valence-corrected chi connectivity index (χ4v) is 6.26. The molecule has 0 spiro atoms. The van der Waals surface area contributed by atoms with Crippen LogP contribution in [0.5, 0.6) is 11.5 Å². The maximum atomic E-state index is 13.6. The minimum Gasteiger partial charge on any atom is -0.493 e. The Labute approximate surface area is 217 Å². The molecule has 1 heterocycles. The molecule has 3 aromatic carbocycles. The number of carbonyl (C=O) groups excluding carboxylic acids is 2. The summed E-state index contributed by atoms with van der Waals surface area (Å²) in [4.78, 5) is 38.1. The third kappa shape index (κ3) is 3.51. The summed E-state index contributed by atoms with van der Waals surface area (Å²) in [6.07, 6.45) is 1.37. The molecule has 0 saturated carbocycles. The second kappa shape index (κ2) is 8.74. The van der Waals surface area contributed by atoms with Gasteiger partial charge in [-0.05, 0) is 39.9 Å². The van der Waals surface area contributed by atoms with E-state index < -0.39 is 24.4 Å². The minimum atomic E-state index is -1.16. The minimum absolute atomic E-state index is 0.0789. The molecule has 1 N–H and O–H groups in total. The number of imide groups is 1. The first-order chi connectivity index (χ1) is 17.9. The Hall–Kier alpha value is -4.17. The highest BCUT2D eigenvalue weighted by Crippen LogP contribution is 2.60. The van der Waals surface area contributed by atoms with E-state index in [9.17, 15) is 14.4 Å². The van der Waals surface area contributed by atoms with Crippen LogP contribution in [0.1, 0.15) is 39.7 Å². The van der Waals surface area contributed by atoms with E-state index in [0.29, 0.717) is 5.56 Å². The average Bonchev–Trinajstić information content (AvgIpc) is 3.16. The largest absolute Gasteiger partial charge is 0.493 e. The molecular formula is C28H21ClN2O6. The Morgan fingerprint density at radius 3 is 1.95 bits per heavy atom. The Bertz CT molecular complexity index is 1390. The molecule has 2 atom stereocenters. The van der Waals surface area contributed by atoms with Crippen molar-refractivity contribution >= 4 is 35.6 Å². The van der Waals surface area contributed by atoms with Crippen LogP contribution < -0.4 is 9.47 Å². The molecule has 1 saturated heterocycles. The number of methoxy groups -OCH3 is 1. The van der Waals surface area contributed by atoms with Gasteiger partial charge in [-0.25, -0.2) is 4.79 Å². The predicted octanol–water partition coefficient (Wildman–Crippen LogP) is 4.04. The quantitative estimate of drug-likeness (QED) is 0.391. The van der Waals surface area contributed by atoms with Crippen LogP contribution in [0.2, 0.25) is 5.02 Å². The number of ether oxygens (including phenoxy) is 2. The number of carbonyl (C=O) groups is 3. The molecule has 4 aliphatic rings. The molecule has 2 unspecified atom stereocenters. The van der Waals surface area contributed by atoms with E-state index in [-0.39, 0.29) is 40.2 Å². The number of hydrogen-bond donors (Lipinski definition) is 1. The van der Waals surface area contributed by atoms with E-state index in [1.54, 1.807) is 6.07 Å². The fourth-order valence-electron chi connectivity index (χ4n) is 5.99. The van der Waals surface area contributed by atoms with Crippen LogP contribution in [0.25, 0.3) is 0 Å². The first-order valence-electron chi connectivity index (χ1n) is 11.7. The van der Waals surface area contributed by atoms with E-state index in [4.69, 9.17) is 26.2 Å². The first kappa shape index (κ1) is 23.2. The molecule has 2 amide bonds. The lowest BCUT2D eigenvalue weighted by atomic mass is 9.55. The zero-order valence-electron chi connectivity index (χ0n) is 19.6. The van der Waals surface area contributed by atoms with Gasteiger partial charge in [-0.15, -0.1) is 0 Å². The molecule has 37 heavy (non-hydrogen) atoms. The van der Waals surface area contributed by atoms with E-state index in [1.165, 1.54) is 19.4 Å². The highest BCUT2D eigenvalue weighted by atomic mass is 35.5. The topological polar surface area (TPSA) is 106 Å². The number of carboxylic acid groups (broad SMARTS) is 1. The van der Waals surface area contributed by atoms with Crippen molar-refractivity contribution in [2.75, 3.05) is 13.7 Å². The summed E-state index contributed by atoms with van der Waals surface area (Å²) >= 11 is 6.29. The molecule has 7 rings (SSSR count). The third-order valence-corrected chi connectivity index (χ3v) is 7.62. The lowest BCUT2D eigenvalue weighted by Gasteiger charge is -2.45. The predicted molar refractivity (Wildman–Crippen MR) is 134 cm³/mol. The molecule has 3 aliphatic carbocycles. The number of nitrogens with zero attached hydrogens (tertiary/aromatic N) is 2. The number of hydrazone groups is 1. The zero-order chi connectivity index (χ0) is 25.8. The van der Waals surface area contributed by atoms with Gasteiger partial charge in [0.25, 0.3) is 11.8 Å². The fraction of sp³-hybridized carbons (Fsp3) is 0.214. The SMILES string of the molecule is COc1cc(/C=N/N2C(=O)C3C4c5ccccc5C(c5ccccc54)C3C2=O)cc(Cl)c1OCC(=O)O. The standard InChI is InChI=1S/C28H21ClN2O6/c1-36-20-11-14(10-19(29)26(20)37-13-21(32)33)12-30-31-27(34)24-22-15-6-2-3-7-16(15)23(25(24)28(31)35)18-9-5-4-8-17(18)22/h2-12,22-25H,13H2,1H3,(H,32,33)/b30-12+. The van der Waals surface area contributed by atoms with E-state index in [1.807, 2.05) is 48.5 Å². The number of halogens is 1. The van der Waals surface area contributed by atoms with E-state index in [2.05, 4.69) is 5.10 Å². The van der Waals surface area contributed by atoms with E-state index >= 15 is 0 Å². The second-order valence-electron chi connectivity index (χ2n) is 9.21. The van der Waals surface area contributed by atoms with Crippen LogP contribution in [0.4, 0.5) is 0 Å². The number of amides is 2. The average molecular weight is 517 g/mol. The molecule has 3 aromatic rings. The summed E-state index contributed by atoms with van der Waals surface area (Å²) in [6, 6.07) is 19.1. The highest BCUT2D eigenvalue weighted by molar-refractivity contribution is 6.32.